The molecular formula is C16H26N2O. The maximum absolute atomic E-state index is 5.20. The predicted octanol–water partition coefficient (Wildman–Crippen LogP) is 2.83. The van der Waals surface area contributed by atoms with Crippen LogP contribution in [0.1, 0.15) is 38.8 Å². The molecule has 2 atom stereocenters. The highest BCUT2D eigenvalue weighted by Crippen LogP contribution is 2.20. The molecule has 19 heavy (non-hydrogen) atoms. The van der Waals surface area contributed by atoms with Crippen LogP contribution in [0.5, 0.6) is 5.75 Å². The summed E-state index contributed by atoms with van der Waals surface area (Å²) in [6.45, 7) is 9.16. The number of ether oxygens (including phenoxy) is 1. The average molecular weight is 262 g/mol. The third-order valence-electron chi connectivity index (χ3n) is 4.05. The Morgan fingerprint density at radius 2 is 1.89 bits per heavy atom. The van der Waals surface area contributed by atoms with Gasteiger partial charge >= 0.3 is 0 Å². The zero-order valence-corrected chi connectivity index (χ0v) is 12.5. The van der Waals surface area contributed by atoms with Gasteiger partial charge in [-0.05, 0) is 51.4 Å². The molecule has 0 saturated carbocycles. The summed E-state index contributed by atoms with van der Waals surface area (Å²) in [5, 5.41) is 3.73. The molecule has 1 aromatic carbocycles. The monoisotopic (exact) mass is 262 g/mol. The van der Waals surface area contributed by atoms with E-state index in [0.717, 1.165) is 12.3 Å². The molecule has 0 bridgehead atoms. The third kappa shape index (κ3) is 3.71. The van der Waals surface area contributed by atoms with Gasteiger partial charge in [0.2, 0.25) is 0 Å². The van der Waals surface area contributed by atoms with Crippen molar-refractivity contribution in [3.05, 3.63) is 29.8 Å². The van der Waals surface area contributed by atoms with Gasteiger partial charge in [0.1, 0.15) is 5.75 Å². The van der Waals surface area contributed by atoms with Crippen molar-refractivity contribution in [2.45, 2.75) is 45.3 Å². The molecule has 1 N–H and O–H groups in total. The number of hydrogen-bond acceptors (Lipinski definition) is 3. The first-order valence-electron chi connectivity index (χ1n) is 7.24. The lowest BCUT2D eigenvalue weighted by Crippen LogP contribution is -2.36. The van der Waals surface area contributed by atoms with E-state index in [-0.39, 0.29) is 0 Å². The highest BCUT2D eigenvalue weighted by atomic mass is 16.5. The molecule has 3 nitrogen and oxygen atoms in total. The zero-order valence-electron chi connectivity index (χ0n) is 12.5. The molecule has 0 aliphatic carbocycles. The Morgan fingerprint density at radius 1 is 1.21 bits per heavy atom. The van der Waals surface area contributed by atoms with Crippen LogP contribution >= 0.6 is 0 Å². The predicted molar refractivity (Wildman–Crippen MR) is 79.7 cm³/mol. The molecule has 0 spiro atoms. The first kappa shape index (κ1) is 14.4. The van der Waals surface area contributed by atoms with Gasteiger partial charge in [-0.25, -0.2) is 0 Å². The lowest BCUT2D eigenvalue weighted by atomic mass is 10.1. The molecule has 1 fully saturated rings. The van der Waals surface area contributed by atoms with Crippen LogP contribution in [0, 0.1) is 0 Å². The number of likely N-dealkylation sites (tertiary alicyclic amines) is 1. The summed E-state index contributed by atoms with van der Waals surface area (Å²) >= 11 is 0. The summed E-state index contributed by atoms with van der Waals surface area (Å²) in [7, 11) is 1.70. The lowest BCUT2D eigenvalue weighted by molar-refractivity contribution is 0.266. The van der Waals surface area contributed by atoms with Crippen LogP contribution in [0.15, 0.2) is 24.3 Å². The SMILES string of the molecule is COc1ccc([C@H](C)NC2CCN(C(C)C)C2)cc1. The Labute approximate surface area is 116 Å². The normalized spacial score (nSPS) is 21.8. The van der Waals surface area contributed by atoms with Crippen molar-refractivity contribution in [2.75, 3.05) is 20.2 Å². The molecule has 0 amide bonds. The summed E-state index contributed by atoms with van der Waals surface area (Å²) in [4.78, 5) is 2.54. The van der Waals surface area contributed by atoms with Crippen LogP contribution in [0.2, 0.25) is 0 Å². The molecule has 1 aromatic rings. The summed E-state index contributed by atoms with van der Waals surface area (Å²) in [6, 6.07) is 10.0. The van der Waals surface area contributed by atoms with Gasteiger partial charge in [-0.15, -0.1) is 0 Å². The maximum Gasteiger partial charge on any atom is 0.118 e. The second kappa shape index (κ2) is 6.40. The van der Waals surface area contributed by atoms with E-state index in [1.165, 1.54) is 18.5 Å². The average Bonchev–Trinajstić information content (AvgIpc) is 2.87. The fraction of sp³-hybridized carbons (Fsp3) is 0.625. The van der Waals surface area contributed by atoms with Gasteiger partial charge in [-0.2, -0.15) is 0 Å². The number of nitrogens with one attached hydrogen (secondary N) is 1. The molecule has 1 aliphatic heterocycles. The molecule has 1 unspecified atom stereocenters. The van der Waals surface area contributed by atoms with Crippen LogP contribution in [-0.2, 0) is 0 Å². The summed E-state index contributed by atoms with van der Waals surface area (Å²) in [5.74, 6) is 0.919. The Morgan fingerprint density at radius 3 is 2.42 bits per heavy atom. The van der Waals surface area contributed by atoms with Gasteiger partial charge in [0, 0.05) is 24.7 Å². The minimum Gasteiger partial charge on any atom is -0.497 e. The molecule has 1 aliphatic rings. The van der Waals surface area contributed by atoms with Crippen molar-refractivity contribution < 1.29 is 4.74 Å². The number of methoxy groups -OCH3 is 1. The van der Waals surface area contributed by atoms with E-state index < -0.39 is 0 Å². The van der Waals surface area contributed by atoms with Crippen LogP contribution in [0.4, 0.5) is 0 Å². The molecule has 0 aromatic heterocycles. The largest absolute Gasteiger partial charge is 0.497 e. The van der Waals surface area contributed by atoms with Gasteiger partial charge < -0.3 is 10.1 Å². The zero-order chi connectivity index (χ0) is 13.8. The Kier molecular flexibility index (Phi) is 4.83. The maximum atomic E-state index is 5.20. The smallest absolute Gasteiger partial charge is 0.118 e. The van der Waals surface area contributed by atoms with Gasteiger partial charge in [0.05, 0.1) is 7.11 Å². The molecular weight excluding hydrogens is 236 g/mol. The van der Waals surface area contributed by atoms with Gasteiger partial charge in [-0.1, -0.05) is 12.1 Å². The minimum atomic E-state index is 0.392. The Balaban J connectivity index is 1.88. The summed E-state index contributed by atoms with van der Waals surface area (Å²) < 4.78 is 5.20. The van der Waals surface area contributed by atoms with Crippen molar-refractivity contribution in [2.24, 2.45) is 0 Å². The highest BCUT2D eigenvalue weighted by Gasteiger charge is 2.25. The van der Waals surface area contributed by atoms with Crippen LogP contribution in [0.3, 0.4) is 0 Å². The van der Waals surface area contributed by atoms with E-state index in [1.54, 1.807) is 7.11 Å². The van der Waals surface area contributed by atoms with E-state index in [0.29, 0.717) is 18.1 Å². The fourth-order valence-electron chi connectivity index (χ4n) is 2.73. The van der Waals surface area contributed by atoms with Gasteiger partial charge in [0.15, 0.2) is 0 Å². The van der Waals surface area contributed by atoms with Crippen molar-refractivity contribution >= 4 is 0 Å². The van der Waals surface area contributed by atoms with Crippen molar-refractivity contribution in [1.29, 1.82) is 0 Å². The van der Waals surface area contributed by atoms with Crippen LogP contribution in [-0.4, -0.2) is 37.2 Å². The molecule has 106 valence electrons. The summed E-state index contributed by atoms with van der Waals surface area (Å²) in [6.07, 6.45) is 1.25. The van der Waals surface area contributed by atoms with E-state index in [1.807, 2.05) is 12.1 Å². The van der Waals surface area contributed by atoms with Gasteiger partial charge in [0.25, 0.3) is 0 Å². The first-order valence-corrected chi connectivity index (χ1v) is 7.24. The second-order valence-electron chi connectivity index (χ2n) is 5.74. The second-order valence-corrected chi connectivity index (χ2v) is 5.74. The van der Waals surface area contributed by atoms with Crippen molar-refractivity contribution in [1.82, 2.24) is 10.2 Å². The fourth-order valence-corrected chi connectivity index (χ4v) is 2.73. The quantitative estimate of drug-likeness (QED) is 0.883. The van der Waals surface area contributed by atoms with Gasteiger partial charge in [-0.3, -0.25) is 4.90 Å². The first-order chi connectivity index (χ1) is 9.10. The van der Waals surface area contributed by atoms with Crippen LogP contribution in [0.25, 0.3) is 0 Å². The Hall–Kier alpha value is -1.06. The molecule has 2 rings (SSSR count). The molecule has 0 radical (unpaired) electrons. The van der Waals surface area contributed by atoms with E-state index >= 15 is 0 Å². The number of rotatable bonds is 5. The molecule has 1 saturated heterocycles. The van der Waals surface area contributed by atoms with E-state index in [2.05, 4.69) is 43.1 Å². The number of hydrogen-bond donors (Lipinski definition) is 1. The number of nitrogens with zero attached hydrogens (tertiary/aromatic N) is 1. The summed E-state index contributed by atoms with van der Waals surface area (Å²) in [5.41, 5.74) is 1.32. The topological polar surface area (TPSA) is 24.5 Å². The Bertz CT molecular complexity index is 388. The molecule has 1 heterocycles. The van der Waals surface area contributed by atoms with Crippen molar-refractivity contribution in [3.63, 3.8) is 0 Å². The highest BCUT2D eigenvalue weighted by molar-refractivity contribution is 5.28. The molecule has 3 heteroatoms. The van der Waals surface area contributed by atoms with Crippen LogP contribution < -0.4 is 10.1 Å². The standard InChI is InChI=1S/C16H26N2O/c1-12(2)18-10-9-15(11-18)17-13(3)14-5-7-16(19-4)8-6-14/h5-8,12-13,15,17H,9-11H2,1-4H3/t13-,15?/m0/s1. The third-order valence-corrected chi connectivity index (χ3v) is 4.05. The lowest BCUT2D eigenvalue weighted by Gasteiger charge is -2.23. The van der Waals surface area contributed by atoms with E-state index in [9.17, 15) is 0 Å². The number of benzene rings is 1. The minimum absolute atomic E-state index is 0.392. The van der Waals surface area contributed by atoms with E-state index in [4.69, 9.17) is 4.74 Å². The van der Waals surface area contributed by atoms with Crippen molar-refractivity contribution in [3.8, 4) is 5.75 Å².